The summed E-state index contributed by atoms with van der Waals surface area (Å²) in [6.07, 6.45) is -3.98. The number of hydrogen-bond donors (Lipinski definition) is 2. The summed E-state index contributed by atoms with van der Waals surface area (Å²) in [5, 5.41) is 18.1. The molecule has 0 bridgehead atoms. The lowest BCUT2D eigenvalue weighted by Crippen LogP contribution is -2.45. The van der Waals surface area contributed by atoms with Gasteiger partial charge in [-0.25, -0.2) is 0 Å². The van der Waals surface area contributed by atoms with Crippen molar-refractivity contribution in [1.82, 2.24) is 0 Å². The first-order valence-corrected chi connectivity index (χ1v) is 7.19. The first kappa shape index (κ1) is 15.2. The smallest absolute Gasteiger partial charge is 0.394 e. The molecule has 0 aromatic carbocycles. The standard InChI is InChI=1S/C10H15F3O2S2/c1-9(7(15)6-14,10(11,12)13)3-2-8-16-4-5-17-8/h2-3,7-8,14-15H,4-6H2,1H3/b3-2-/t7-,9+/m1/s1. The van der Waals surface area contributed by atoms with Crippen LogP contribution in [-0.4, -0.2) is 45.2 Å². The van der Waals surface area contributed by atoms with E-state index in [4.69, 9.17) is 5.11 Å². The first-order chi connectivity index (χ1) is 7.81. The summed E-state index contributed by atoms with van der Waals surface area (Å²) >= 11 is 3.16. The van der Waals surface area contributed by atoms with E-state index in [1.165, 1.54) is 6.08 Å². The Morgan fingerprint density at radius 3 is 2.29 bits per heavy atom. The molecule has 1 heterocycles. The molecule has 0 radical (unpaired) electrons. The Morgan fingerprint density at radius 2 is 1.88 bits per heavy atom. The third kappa shape index (κ3) is 3.56. The van der Waals surface area contributed by atoms with Crippen LogP contribution in [0.3, 0.4) is 0 Å². The minimum Gasteiger partial charge on any atom is -0.394 e. The SMILES string of the molecule is C[C@](/C=C\C1SCCS1)([C@H](O)CO)C(F)(F)F. The average Bonchev–Trinajstić information content (AvgIpc) is 2.75. The normalized spacial score (nSPS) is 24.1. The Balaban J connectivity index is 2.83. The summed E-state index contributed by atoms with van der Waals surface area (Å²) in [4.78, 5) is 0. The predicted octanol–water partition coefficient (Wildman–Crippen LogP) is 2.27. The van der Waals surface area contributed by atoms with E-state index in [1.54, 1.807) is 23.5 Å². The maximum absolute atomic E-state index is 12.9. The van der Waals surface area contributed by atoms with Crippen molar-refractivity contribution in [3.63, 3.8) is 0 Å². The van der Waals surface area contributed by atoms with Gasteiger partial charge in [-0.05, 0) is 6.92 Å². The Labute approximate surface area is 107 Å². The molecule has 0 aromatic heterocycles. The summed E-state index contributed by atoms with van der Waals surface area (Å²) < 4.78 is 38.6. The lowest BCUT2D eigenvalue weighted by molar-refractivity contribution is -0.232. The van der Waals surface area contributed by atoms with Gasteiger partial charge in [0.1, 0.15) is 5.41 Å². The molecule has 2 nitrogen and oxygen atoms in total. The van der Waals surface area contributed by atoms with Gasteiger partial charge in [0.15, 0.2) is 0 Å². The molecule has 0 unspecified atom stereocenters. The zero-order valence-corrected chi connectivity index (χ0v) is 10.9. The average molecular weight is 288 g/mol. The van der Waals surface area contributed by atoms with Gasteiger partial charge in [0.2, 0.25) is 0 Å². The van der Waals surface area contributed by atoms with Gasteiger partial charge in [0.25, 0.3) is 0 Å². The van der Waals surface area contributed by atoms with E-state index in [1.807, 2.05) is 0 Å². The van der Waals surface area contributed by atoms with Crippen LogP contribution in [0.15, 0.2) is 12.2 Å². The molecule has 100 valence electrons. The van der Waals surface area contributed by atoms with Crippen LogP contribution >= 0.6 is 23.5 Å². The molecule has 1 aliphatic heterocycles. The number of hydrogen-bond acceptors (Lipinski definition) is 4. The highest BCUT2D eigenvalue weighted by molar-refractivity contribution is 8.20. The monoisotopic (exact) mass is 288 g/mol. The van der Waals surface area contributed by atoms with Gasteiger partial charge >= 0.3 is 6.18 Å². The Bertz CT molecular complexity index is 277. The molecule has 2 atom stereocenters. The summed E-state index contributed by atoms with van der Waals surface area (Å²) in [6.45, 7) is -0.0139. The highest BCUT2D eigenvalue weighted by Gasteiger charge is 2.53. The molecule has 0 aliphatic carbocycles. The van der Waals surface area contributed by atoms with Crippen LogP contribution in [0.1, 0.15) is 6.92 Å². The molecule has 2 N–H and O–H groups in total. The van der Waals surface area contributed by atoms with Crippen LogP contribution in [0.25, 0.3) is 0 Å². The largest absolute Gasteiger partial charge is 0.400 e. The van der Waals surface area contributed by atoms with Gasteiger partial charge < -0.3 is 10.2 Å². The third-order valence-electron chi connectivity index (χ3n) is 2.72. The Hall–Kier alpha value is 0.150. The summed E-state index contributed by atoms with van der Waals surface area (Å²) in [5.41, 5.74) is -2.40. The molecule has 1 rings (SSSR count). The second kappa shape index (κ2) is 5.86. The fraction of sp³-hybridized carbons (Fsp3) is 0.800. The van der Waals surface area contributed by atoms with Crippen LogP contribution in [-0.2, 0) is 0 Å². The minimum absolute atomic E-state index is 0.00238. The Morgan fingerprint density at radius 1 is 1.35 bits per heavy atom. The van der Waals surface area contributed by atoms with Crippen molar-refractivity contribution in [2.45, 2.75) is 23.8 Å². The molecule has 1 aliphatic rings. The number of aliphatic hydroxyl groups excluding tert-OH is 2. The van der Waals surface area contributed by atoms with Crippen molar-refractivity contribution in [3.8, 4) is 0 Å². The summed E-state index contributed by atoms with van der Waals surface area (Å²) in [6, 6.07) is 0. The first-order valence-electron chi connectivity index (χ1n) is 5.09. The van der Waals surface area contributed by atoms with Gasteiger partial charge in [-0.1, -0.05) is 12.2 Å². The number of alkyl halides is 3. The highest BCUT2D eigenvalue weighted by atomic mass is 32.2. The zero-order chi connectivity index (χ0) is 13.1. The molecule has 7 heteroatoms. The van der Waals surface area contributed by atoms with Gasteiger partial charge in [-0.15, -0.1) is 23.5 Å². The van der Waals surface area contributed by atoms with Crippen molar-refractivity contribution in [2.24, 2.45) is 5.41 Å². The quantitative estimate of drug-likeness (QED) is 0.779. The van der Waals surface area contributed by atoms with Crippen molar-refractivity contribution in [3.05, 3.63) is 12.2 Å². The van der Waals surface area contributed by atoms with Crippen molar-refractivity contribution < 1.29 is 23.4 Å². The predicted molar refractivity (Wildman–Crippen MR) is 65.1 cm³/mol. The van der Waals surface area contributed by atoms with Crippen LogP contribution in [0, 0.1) is 5.41 Å². The maximum atomic E-state index is 12.9. The zero-order valence-electron chi connectivity index (χ0n) is 9.28. The van der Waals surface area contributed by atoms with Crippen LogP contribution < -0.4 is 0 Å². The molecule has 17 heavy (non-hydrogen) atoms. The number of thioether (sulfide) groups is 2. The fourth-order valence-electron chi connectivity index (χ4n) is 1.35. The van der Waals surface area contributed by atoms with E-state index in [0.29, 0.717) is 0 Å². The van der Waals surface area contributed by atoms with Crippen LogP contribution in [0.5, 0.6) is 0 Å². The van der Waals surface area contributed by atoms with Crippen molar-refractivity contribution >= 4 is 23.5 Å². The van der Waals surface area contributed by atoms with E-state index in [2.05, 4.69) is 0 Å². The lowest BCUT2D eigenvalue weighted by Gasteiger charge is -2.32. The van der Waals surface area contributed by atoms with Crippen molar-refractivity contribution in [2.75, 3.05) is 18.1 Å². The van der Waals surface area contributed by atoms with E-state index >= 15 is 0 Å². The minimum atomic E-state index is -4.58. The molecule has 0 saturated carbocycles. The van der Waals surface area contributed by atoms with Crippen LogP contribution in [0.4, 0.5) is 13.2 Å². The molecule has 0 amide bonds. The Kier molecular flexibility index (Phi) is 5.24. The summed E-state index contributed by atoms with van der Waals surface area (Å²) in [5.74, 6) is 1.84. The van der Waals surface area contributed by atoms with Gasteiger partial charge in [0.05, 0.1) is 17.3 Å². The number of rotatable bonds is 4. The fourth-order valence-corrected chi connectivity index (χ4v) is 3.93. The molecule has 1 fully saturated rings. The highest BCUT2D eigenvalue weighted by Crippen LogP contribution is 2.43. The van der Waals surface area contributed by atoms with E-state index in [0.717, 1.165) is 24.5 Å². The van der Waals surface area contributed by atoms with Crippen molar-refractivity contribution in [1.29, 1.82) is 0 Å². The third-order valence-corrected chi connectivity index (χ3v) is 5.65. The maximum Gasteiger partial charge on any atom is 0.400 e. The van der Waals surface area contributed by atoms with E-state index < -0.39 is 24.3 Å². The number of halogens is 3. The second-order valence-electron chi connectivity index (χ2n) is 3.95. The van der Waals surface area contributed by atoms with Gasteiger partial charge in [-0.3, -0.25) is 0 Å². The van der Waals surface area contributed by atoms with Crippen LogP contribution in [0.2, 0.25) is 0 Å². The molecular formula is C10H15F3O2S2. The van der Waals surface area contributed by atoms with Gasteiger partial charge in [0, 0.05) is 11.5 Å². The topological polar surface area (TPSA) is 40.5 Å². The van der Waals surface area contributed by atoms with Gasteiger partial charge in [-0.2, -0.15) is 13.2 Å². The van der Waals surface area contributed by atoms with E-state index in [9.17, 15) is 18.3 Å². The summed E-state index contributed by atoms with van der Waals surface area (Å²) in [7, 11) is 0. The molecule has 1 saturated heterocycles. The molecular weight excluding hydrogens is 273 g/mol. The number of aliphatic hydroxyl groups is 2. The second-order valence-corrected chi connectivity index (χ2v) is 6.75. The van der Waals surface area contributed by atoms with E-state index in [-0.39, 0.29) is 4.58 Å². The molecule has 0 aromatic rings. The molecule has 0 spiro atoms. The lowest BCUT2D eigenvalue weighted by atomic mass is 9.83.